The van der Waals surface area contributed by atoms with Crippen molar-refractivity contribution in [1.29, 1.82) is 0 Å². The normalized spacial score (nSPS) is 10.4. The van der Waals surface area contributed by atoms with Crippen molar-refractivity contribution >= 4 is 11.8 Å². The number of nitrogens with one attached hydrogen (secondary N) is 1. The summed E-state index contributed by atoms with van der Waals surface area (Å²) in [7, 11) is 0. The minimum absolute atomic E-state index is 0.178. The Morgan fingerprint density at radius 3 is 2.75 bits per heavy atom. The van der Waals surface area contributed by atoms with E-state index >= 15 is 0 Å². The maximum atomic E-state index is 12.2. The van der Waals surface area contributed by atoms with Gasteiger partial charge in [-0.25, -0.2) is 4.68 Å². The molecule has 126 valence electrons. The van der Waals surface area contributed by atoms with Crippen molar-refractivity contribution in [2.24, 2.45) is 5.73 Å². The number of aryl methyl sites for hydroxylation is 1. The second-order valence-corrected chi connectivity index (χ2v) is 5.38. The van der Waals surface area contributed by atoms with Crippen molar-refractivity contribution in [2.75, 3.05) is 0 Å². The predicted molar refractivity (Wildman–Crippen MR) is 89.5 cm³/mol. The lowest BCUT2D eigenvalue weighted by Gasteiger charge is -2.08. The van der Waals surface area contributed by atoms with E-state index in [0.29, 0.717) is 12.1 Å². The molecule has 0 saturated carbocycles. The van der Waals surface area contributed by atoms with Crippen molar-refractivity contribution in [3.8, 4) is 0 Å². The number of rotatable bonds is 7. The Kier molecular flexibility index (Phi) is 5.83. The van der Waals surface area contributed by atoms with Gasteiger partial charge < -0.3 is 11.1 Å². The summed E-state index contributed by atoms with van der Waals surface area (Å²) in [4.78, 5) is 35.1. The first-order valence-electron chi connectivity index (χ1n) is 7.76. The molecule has 0 spiro atoms. The van der Waals surface area contributed by atoms with Gasteiger partial charge in [-0.1, -0.05) is 25.5 Å². The lowest BCUT2D eigenvalue weighted by atomic mass is 10.1. The Morgan fingerprint density at radius 2 is 2.04 bits per heavy atom. The molecule has 0 saturated heterocycles. The molecule has 2 amide bonds. The van der Waals surface area contributed by atoms with Crippen LogP contribution in [0.1, 0.15) is 46.2 Å². The molecule has 0 aliphatic rings. The molecule has 0 bridgehead atoms. The third kappa shape index (κ3) is 4.52. The highest BCUT2D eigenvalue weighted by molar-refractivity contribution is 5.93. The van der Waals surface area contributed by atoms with E-state index < -0.39 is 5.91 Å². The number of nitrogens with zero attached hydrogens (tertiary/aromatic N) is 2. The van der Waals surface area contributed by atoms with Gasteiger partial charge in [-0.3, -0.25) is 14.4 Å². The lowest BCUT2D eigenvalue weighted by molar-refractivity contribution is 0.0942. The summed E-state index contributed by atoms with van der Waals surface area (Å²) in [6.07, 6.45) is 1.75. The van der Waals surface area contributed by atoms with Crippen LogP contribution in [-0.2, 0) is 13.1 Å². The van der Waals surface area contributed by atoms with E-state index in [2.05, 4.69) is 10.4 Å². The number of primary amides is 1. The molecular formula is C17H20N4O3. The molecule has 1 aromatic heterocycles. The number of benzene rings is 1. The van der Waals surface area contributed by atoms with Crippen molar-refractivity contribution in [3.05, 3.63) is 63.6 Å². The average molecular weight is 328 g/mol. The zero-order valence-corrected chi connectivity index (χ0v) is 13.5. The molecule has 7 nitrogen and oxygen atoms in total. The van der Waals surface area contributed by atoms with E-state index in [-0.39, 0.29) is 23.7 Å². The zero-order chi connectivity index (χ0) is 17.5. The Balaban J connectivity index is 2.06. The van der Waals surface area contributed by atoms with E-state index in [9.17, 15) is 14.4 Å². The van der Waals surface area contributed by atoms with Gasteiger partial charge in [-0.05, 0) is 30.2 Å². The number of hydrogen-bond acceptors (Lipinski definition) is 4. The topological polar surface area (TPSA) is 107 Å². The fraction of sp³-hybridized carbons (Fsp3) is 0.294. The standard InChI is InChI=1S/C17H20N4O3/c1-2-3-9-21-15(22)8-7-14(20-21)17(24)19-11-12-5-4-6-13(10-12)16(18)23/h4-8,10H,2-3,9,11H2,1H3,(H2,18,23)(H,19,24). The van der Waals surface area contributed by atoms with E-state index in [0.717, 1.165) is 18.4 Å². The van der Waals surface area contributed by atoms with Crippen LogP contribution in [0.4, 0.5) is 0 Å². The molecule has 2 aromatic rings. The van der Waals surface area contributed by atoms with Crippen LogP contribution in [0.5, 0.6) is 0 Å². The molecule has 0 atom stereocenters. The monoisotopic (exact) mass is 328 g/mol. The van der Waals surface area contributed by atoms with Crippen LogP contribution in [0.2, 0.25) is 0 Å². The maximum Gasteiger partial charge on any atom is 0.271 e. The molecule has 3 N–H and O–H groups in total. The first-order chi connectivity index (χ1) is 11.5. The number of nitrogens with two attached hydrogens (primary N) is 1. The van der Waals surface area contributed by atoms with Gasteiger partial charge in [0, 0.05) is 24.7 Å². The minimum Gasteiger partial charge on any atom is -0.366 e. The quantitative estimate of drug-likeness (QED) is 0.792. The highest BCUT2D eigenvalue weighted by Crippen LogP contribution is 2.05. The third-order valence-corrected chi connectivity index (χ3v) is 3.49. The number of amides is 2. The Morgan fingerprint density at radius 1 is 1.25 bits per heavy atom. The highest BCUT2D eigenvalue weighted by Gasteiger charge is 2.10. The number of carbonyl (C=O) groups excluding carboxylic acids is 2. The van der Waals surface area contributed by atoms with Gasteiger partial charge in [-0.2, -0.15) is 5.10 Å². The number of unbranched alkanes of at least 4 members (excludes halogenated alkanes) is 1. The summed E-state index contributed by atoms with van der Waals surface area (Å²) in [6, 6.07) is 9.45. The fourth-order valence-corrected chi connectivity index (χ4v) is 2.15. The van der Waals surface area contributed by atoms with Crippen LogP contribution in [0.3, 0.4) is 0 Å². The first kappa shape index (κ1) is 17.4. The SMILES string of the molecule is CCCCn1nc(C(=O)NCc2cccc(C(N)=O)c2)ccc1=O. The van der Waals surface area contributed by atoms with Crippen LogP contribution in [0, 0.1) is 0 Å². The number of carbonyl (C=O) groups is 2. The molecule has 0 radical (unpaired) electrons. The lowest BCUT2D eigenvalue weighted by Crippen LogP contribution is -2.29. The Bertz CT molecular complexity index is 798. The molecular weight excluding hydrogens is 308 g/mol. The molecule has 7 heteroatoms. The van der Waals surface area contributed by atoms with Crippen molar-refractivity contribution in [1.82, 2.24) is 15.1 Å². The van der Waals surface area contributed by atoms with E-state index in [1.54, 1.807) is 24.3 Å². The second-order valence-electron chi connectivity index (χ2n) is 5.38. The van der Waals surface area contributed by atoms with E-state index in [1.165, 1.54) is 16.8 Å². The summed E-state index contributed by atoms with van der Waals surface area (Å²) < 4.78 is 1.30. The van der Waals surface area contributed by atoms with E-state index in [4.69, 9.17) is 5.73 Å². The van der Waals surface area contributed by atoms with Gasteiger partial charge in [0.2, 0.25) is 5.91 Å². The van der Waals surface area contributed by atoms with Crippen LogP contribution in [0.15, 0.2) is 41.2 Å². The van der Waals surface area contributed by atoms with Crippen molar-refractivity contribution < 1.29 is 9.59 Å². The first-order valence-corrected chi connectivity index (χ1v) is 7.76. The Hall–Kier alpha value is -2.96. The van der Waals surface area contributed by atoms with Crippen LogP contribution >= 0.6 is 0 Å². The van der Waals surface area contributed by atoms with Gasteiger partial charge >= 0.3 is 0 Å². The number of aromatic nitrogens is 2. The van der Waals surface area contributed by atoms with Crippen molar-refractivity contribution in [3.63, 3.8) is 0 Å². The number of hydrogen-bond donors (Lipinski definition) is 2. The fourth-order valence-electron chi connectivity index (χ4n) is 2.15. The molecule has 1 heterocycles. The largest absolute Gasteiger partial charge is 0.366 e. The molecule has 24 heavy (non-hydrogen) atoms. The molecule has 0 aliphatic carbocycles. The van der Waals surface area contributed by atoms with Crippen LogP contribution in [0.25, 0.3) is 0 Å². The van der Waals surface area contributed by atoms with Gasteiger partial charge in [0.15, 0.2) is 0 Å². The molecule has 0 unspecified atom stereocenters. The van der Waals surface area contributed by atoms with Gasteiger partial charge in [0.25, 0.3) is 11.5 Å². The van der Waals surface area contributed by atoms with Gasteiger partial charge in [0.1, 0.15) is 5.69 Å². The van der Waals surface area contributed by atoms with Crippen LogP contribution < -0.4 is 16.6 Å². The predicted octanol–water partition coefficient (Wildman–Crippen LogP) is 1.07. The van der Waals surface area contributed by atoms with Crippen LogP contribution in [-0.4, -0.2) is 21.6 Å². The van der Waals surface area contributed by atoms with E-state index in [1.807, 2.05) is 6.92 Å². The third-order valence-electron chi connectivity index (χ3n) is 3.49. The summed E-state index contributed by atoms with van der Waals surface area (Å²) in [5.41, 5.74) is 6.31. The molecule has 1 aromatic carbocycles. The average Bonchev–Trinajstić information content (AvgIpc) is 2.59. The summed E-state index contributed by atoms with van der Waals surface area (Å²) >= 11 is 0. The van der Waals surface area contributed by atoms with Gasteiger partial charge in [-0.15, -0.1) is 0 Å². The highest BCUT2D eigenvalue weighted by atomic mass is 16.2. The maximum absolute atomic E-state index is 12.2. The Labute approximate surface area is 139 Å². The molecule has 0 aliphatic heterocycles. The summed E-state index contributed by atoms with van der Waals surface area (Å²) in [5.74, 6) is -0.905. The zero-order valence-electron chi connectivity index (χ0n) is 13.5. The minimum atomic E-state index is -0.521. The van der Waals surface area contributed by atoms with Crippen molar-refractivity contribution in [2.45, 2.75) is 32.9 Å². The van der Waals surface area contributed by atoms with Gasteiger partial charge in [0.05, 0.1) is 0 Å². The summed E-state index contributed by atoms with van der Waals surface area (Å²) in [5, 5.41) is 6.80. The smallest absolute Gasteiger partial charge is 0.271 e. The summed E-state index contributed by atoms with van der Waals surface area (Å²) in [6.45, 7) is 2.73. The second kappa shape index (κ2) is 8.05. The molecule has 0 fully saturated rings. The molecule has 2 rings (SSSR count).